The third kappa shape index (κ3) is 4.09. The molecule has 0 amide bonds. The van der Waals surface area contributed by atoms with E-state index in [-0.39, 0.29) is 0 Å². The summed E-state index contributed by atoms with van der Waals surface area (Å²) in [5.41, 5.74) is 5.85. The molecule has 0 saturated carbocycles. The van der Waals surface area contributed by atoms with Crippen LogP contribution < -0.4 is 0 Å². The van der Waals surface area contributed by atoms with Crippen LogP contribution in [0, 0.1) is 0 Å². The van der Waals surface area contributed by atoms with Crippen LogP contribution in [-0.2, 0) is 0 Å². The molecule has 186 valence electrons. The fourth-order valence-corrected chi connectivity index (χ4v) is 5.49. The van der Waals surface area contributed by atoms with Gasteiger partial charge in [-0.2, -0.15) is 0 Å². The van der Waals surface area contributed by atoms with E-state index in [1.165, 1.54) is 21.5 Å². The van der Waals surface area contributed by atoms with Gasteiger partial charge in [0.1, 0.15) is 0 Å². The third-order valence-corrected chi connectivity index (χ3v) is 7.51. The first-order valence-electron chi connectivity index (χ1n) is 13.3. The summed E-state index contributed by atoms with van der Waals surface area (Å²) in [5, 5.41) is 9.40. The molecule has 0 aliphatic carbocycles. The molecule has 3 nitrogen and oxygen atoms in total. The largest absolute Gasteiger partial charge is 0.353 e. The SMILES string of the molecule is CC(=Nc1c2ccccc2cc2ccccc12)c1ccc(C(C)=Nc2c3ccccc3cc3ccccc23)[nH]1. The van der Waals surface area contributed by atoms with Gasteiger partial charge in [-0.25, -0.2) is 0 Å². The molecule has 0 bridgehead atoms. The van der Waals surface area contributed by atoms with Crippen molar-refractivity contribution >= 4 is 65.9 Å². The van der Waals surface area contributed by atoms with Gasteiger partial charge in [0, 0.05) is 21.5 Å². The minimum atomic E-state index is 0.936. The van der Waals surface area contributed by atoms with Crippen LogP contribution in [0.2, 0.25) is 0 Å². The highest BCUT2D eigenvalue weighted by molar-refractivity contribution is 6.14. The molecule has 0 spiro atoms. The Morgan fingerprint density at radius 2 is 0.744 bits per heavy atom. The van der Waals surface area contributed by atoms with Crippen LogP contribution in [0.5, 0.6) is 0 Å². The Kier molecular flexibility index (Phi) is 5.56. The molecule has 1 aromatic heterocycles. The van der Waals surface area contributed by atoms with Gasteiger partial charge in [0.25, 0.3) is 0 Å². The van der Waals surface area contributed by atoms with Gasteiger partial charge < -0.3 is 4.98 Å². The maximum atomic E-state index is 5.17. The number of aliphatic imine (C=N–C) groups is 2. The monoisotopic (exact) mass is 501 g/mol. The molecule has 0 aliphatic heterocycles. The number of fused-ring (bicyclic) bond motifs is 4. The molecular formula is C36H27N3. The molecule has 0 fully saturated rings. The zero-order valence-electron chi connectivity index (χ0n) is 21.9. The first kappa shape index (κ1) is 23.1. The Bertz CT molecular complexity index is 1830. The standard InChI is InChI=1S/C36H27N3/c1-23(37-35-29-15-7-3-11-25(29)21-26-12-4-8-16-30(26)35)33-19-20-34(39-33)24(2)38-36-31-17-9-5-13-27(31)22-28-14-6-10-18-32(28)36/h3-22,39H,1-2H3. The first-order valence-corrected chi connectivity index (χ1v) is 13.3. The molecule has 3 heteroatoms. The third-order valence-electron chi connectivity index (χ3n) is 7.51. The second-order valence-corrected chi connectivity index (χ2v) is 10.0. The summed E-state index contributed by atoms with van der Waals surface area (Å²) in [6, 6.07) is 42.5. The van der Waals surface area contributed by atoms with E-state index in [0.717, 1.165) is 55.7 Å². The summed E-state index contributed by atoms with van der Waals surface area (Å²) < 4.78 is 0. The van der Waals surface area contributed by atoms with Crippen molar-refractivity contribution in [1.29, 1.82) is 0 Å². The van der Waals surface area contributed by atoms with Crippen molar-refractivity contribution in [3.05, 3.63) is 133 Å². The molecule has 1 heterocycles. The highest BCUT2D eigenvalue weighted by atomic mass is 14.8. The number of hydrogen-bond acceptors (Lipinski definition) is 2. The Labute approximate surface area is 227 Å². The molecular weight excluding hydrogens is 474 g/mol. The van der Waals surface area contributed by atoms with Crippen molar-refractivity contribution in [3.63, 3.8) is 0 Å². The molecule has 0 atom stereocenters. The van der Waals surface area contributed by atoms with Gasteiger partial charge in [-0.15, -0.1) is 0 Å². The van der Waals surface area contributed by atoms with Gasteiger partial charge in [0.15, 0.2) is 0 Å². The Hall–Kier alpha value is -5.02. The first-order chi connectivity index (χ1) is 19.2. The Morgan fingerprint density at radius 3 is 1.08 bits per heavy atom. The molecule has 6 aromatic carbocycles. The van der Waals surface area contributed by atoms with E-state index in [9.17, 15) is 0 Å². The van der Waals surface area contributed by atoms with E-state index in [2.05, 4.69) is 140 Å². The number of rotatable bonds is 4. The minimum Gasteiger partial charge on any atom is -0.353 e. The zero-order valence-corrected chi connectivity index (χ0v) is 21.9. The van der Waals surface area contributed by atoms with Crippen molar-refractivity contribution < 1.29 is 0 Å². The van der Waals surface area contributed by atoms with Crippen LogP contribution in [0.25, 0.3) is 43.1 Å². The zero-order chi connectivity index (χ0) is 26.3. The number of aromatic nitrogens is 1. The quantitative estimate of drug-likeness (QED) is 0.184. The fourth-order valence-electron chi connectivity index (χ4n) is 5.49. The topological polar surface area (TPSA) is 40.5 Å². The van der Waals surface area contributed by atoms with Gasteiger partial charge in [-0.3, -0.25) is 9.98 Å². The lowest BCUT2D eigenvalue weighted by atomic mass is 10.0. The number of nitrogens with zero attached hydrogens (tertiary/aromatic N) is 2. The van der Waals surface area contributed by atoms with Crippen molar-refractivity contribution in [3.8, 4) is 0 Å². The number of nitrogens with one attached hydrogen (secondary N) is 1. The van der Waals surface area contributed by atoms with Crippen molar-refractivity contribution in [2.45, 2.75) is 13.8 Å². The van der Waals surface area contributed by atoms with Crippen LogP contribution >= 0.6 is 0 Å². The summed E-state index contributed by atoms with van der Waals surface area (Å²) >= 11 is 0. The molecule has 39 heavy (non-hydrogen) atoms. The maximum absolute atomic E-state index is 5.17. The van der Waals surface area contributed by atoms with Crippen LogP contribution in [0.4, 0.5) is 11.4 Å². The van der Waals surface area contributed by atoms with Crippen LogP contribution in [0.3, 0.4) is 0 Å². The van der Waals surface area contributed by atoms with Crippen molar-refractivity contribution in [1.82, 2.24) is 4.98 Å². The Morgan fingerprint density at radius 1 is 0.436 bits per heavy atom. The summed E-state index contributed by atoms with van der Waals surface area (Å²) in [4.78, 5) is 13.9. The molecule has 0 aliphatic rings. The van der Waals surface area contributed by atoms with E-state index in [4.69, 9.17) is 9.98 Å². The van der Waals surface area contributed by atoms with Gasteiger partial charge in [-0.05, 0) is 59.7 Å². The van der Waals surface area contributed by atoms with Crippen molar-refractivity contribution in [2.75, 3.05) is 0 Å². The summed E-state index contributed by atoms with van der Waals surface area (Å²) in [7, 11) is 0. The lowest BCUT2D eigenvalue weighted by molar-refractivity contribution is 1.31. The maximum Gasteiger partial charge on any atom is 0.0790 e. The smallest absolute Gasteiger partial charge is 0.0790 e. The lowest BCUT2D eigenvalue weighted by Gasteiger charge is -2.09. The van der Waals surface area contributed by atoms with Crippen LogP contribution in [0.15, 0.2) is 131 Å². The predicted octanol–water partition coefficient (Wildman–Crippen LogP) is 9.91. The van der Waals surface area contributed by atoms with Gasteiger partial charge >= 0.3 is 0 Å². The summed E-state index contributed by atoms with van der Waals surface area (Å²) in [6.45, 7) is 4.13. The van der Waals surface area contributed by atoms with Gasteiger partial charge in [-0.1, -0.05) is 97.1 Å². The molecule has 1 N–H and O–H groups in total. The van der Waals surface area contributed by atoms with E-state index in [1.807, 2.05) is 0 Å². The second-order valence-electron chi connectivity index (χ2n) is 10.0. The summed E-state index contributed by atoms with van der Waals surface area (Å²) in [6.07, 6.45) is 0. The average molecular weight is 502 g/mol. The van der Waals surface area contributed by atoms with Crippen LogP contribution in [-0.4, -0.2) is 16.4 Å². The number of H-pyrrole nitrogens is 1. The second kappa shape index (κ2) is 9.38. The minimum absolute atomic E-state index is 0.936. The molecule has 0 radical (unpaired) electrons. The molecule has 0 saturated heterocycles. The number of hydrogen-bond donors (Lipinski definition) is 1. The van der Waals surface area contributed by atoms with Crippen molar-refractivity contribution in [2.24, 2.45) is 9.98 Å². The highest BCUT2D eigenvalue weighted by Crippen LogP contribution is 2.37. The van der Waals surface area contributed by atoms with E-state index >= 15 is 0 Å². The van der Waals surface area contributed by atoms with E-state index in [1.54, 1.807) is 0 Å². The van der Waals surface area contributed by atoms with Gasteiger partial charge in [0.2, 0.25) is 0 Å². The normalized spacial score (nSPS) is 12.7. The molecule has 7 aromatic rings. The number of benzene rings is 6. The molecule has 0 unspecified atom stereocenters. The molecule has 7 rings (SSSR count). The highest BCUT2D eigenvalue weighted by Gasteiger charge is 2.11. The lowest BCUT2D eigenvalue weighted by Crippen LogP contribution is -1.99. The summed E-state index contributed by atoms with van der Waals surface area (Å²) in [5.74, 6) is 0. The Balaban J connectivity index is 1.32. The van der Waals surface area contributed by atoms with Crippen LogP contribution in [0.1, 0.15) is 25.2 Å². The predicted molar refractivity (Wildman–Crippen MR) is 167 cm³/mol. The average Bonchev–Trinajstić information content (AvgIpc) is 3.48. The number of aromatic amines is 1. The van der Waals surface area contributed by atoms with Gasteiger partial charge in [0.05, 0.1) is 34.2 Å². The fraction of sp³-hybridized carbons (Fsp3) is 0.0556. The van der Waals surface area contributed by atoms with E-state index in [0.29, 0.717) is 0 Å². The van der Waals surface area contributed by atoms with E-state index < -0.39 is 0 Å².